The molecule has 0 aliphatic heterocycles. The van der Waals surface area contributed by atoms with Crippen molar-refractivity contribution >= 4 is 0 Å². The predicted octanol–water partition coefficient (Wildman–Crippen LogP) is 43.1. The molecule has 101 heavy (non-hydrogen) atoms. The van der Waals surface area contributed by atoms with E-state index in [0.717, 1.165) is 82.9 Å². The molecule has 0 bridgehead atoms. The second-order valence-corrected chi connectivity index (χ2v) is 34.2. The first kappa shape index (κ1) is 175. The standard InChI is InChI=1S/C11H24.2C9H20.2C7H16.6C6H14.2C5H12.12CH4/c1-4-5-6-7-8-9-10-11(2)3;1-8(2,3)7-9(4,5)6;1-5-8(3)7-9(4)6-2;1-5-7(3,4)6-2;1-5-7(4)6(2)3;1-5(2)6(3)4;2*1-4-5-6(2)3;3*1-4-6(3)5-2;2*1-4-5(2)3;;;;;;;;;;;;/h11H,4-10H2,1-3H3;7H2,1-6H3;8-9H,5-7H2,1-4H3;5-6H2,1-4H3;6-7H,5H2,1-4H3;5-6H,1-4H3;5*6H,4-5H2,1-3H3;2*5H,4H2,1-3H3;12*1H4. The molecule has 0 N–H and O–H groups in total. The zero-order valence-electron chi connectivity index (χ0n) is 74.0. The van der Waals surface area contributed by atoms with Crippen LogP contribution in [0.1, 0.15) is 575 Å². The molecule has 0 saturated carbocycles. The monoisotopic (exact) mass is 1470 g/mol. The van der Waals surface area contributed by atoms with Gasteiger partial charge in [0.25, 0.3) is 0 Å². The zero-order valence-corrected chi connectivity index (χ0v) is 74.0. The van der Waals surface area contributed by atoms with Gasteiger partial charge in [-0.1, -0.05) is 562 Å². The molecule has 3 unspecified atom stereocenters. The van der Waals surface area contributed by atoms with Crippen molar-refractivity contribution in [1.29, 1.82) is 0 Å². The molecule has 0 radical (unpaired) electrons. The molecule has 0 heterocycles. The Morgan fingerprint density at radius 1 is 0.208 bits per heavy atom. The molecule has 0 aliphatic carbocycles. The van der Waals surface area contributed by atoms with Crippen LogP contribution in [0.5, 0.6) is 0 Å². The van der Waals surface area contributed by atoms with Crippen LogP contribution in [0, 0.1) is 99.1 Å². The summed E-state index contributed by atoms with van der Waals surface area (Å²) >= 11 is 0. The lowest BCUT2D eigenvalue weighted by atomic mass is 9.78. The Morgan fingerprint density at radius 3 is 0.495 bits per heavy atom. The summed E-state index contributed by atoms with van der Waals surface area (Å²) in [6, 6.07) is 0. The van der Waals surface area contributed by atoms with Gasteiger partial charge in [0.05, 0.1) is 0 Å². The van der Waals surface area contributed by atoms with Crippen molar-refractivity contribution in [2.75, 3.05) is 0 Å². The van der Waals surface area contributed by atoms with Crippen LogP contribution in [0.3, 0.4) is 0 Å². The van der Waals surface area contributed by atoms with Crippen LogP contribution in [0.25, 0.3) is 0 Å². The fourth-order valence-electron chi connectivity index (χ4n) is 6.69. The zero-order chi connectivity index (χ0) is 74.0. The number of unbranched alkanes of at least 4 members (excludes halogenated alkanes) is 5. The van der Waals surface area contributed by atoms with Crippen LogP contribution < -0.4 is 0 Å². The van der Waals surface area contributed by atoms with Crippen LogP contribution in [0.15, 0.2) is 0 Å². The molecule has 0 spiro atoms. The third-order valence-electron chi connectivity index (χ3n) is 18.0. The highest BCUT2D eigenvalue weighted by atomic mass is 14.3. The van der Waals surface area contributed by atoms with Crippen molar-refractivity contribution in [2.24, 2.45) is 99.1 Å². The predicted molar refractivity (Wildman–Crippen MR) is 518 cm³/mol. The molecule has 0 amide bonds. The summed E-state index contributed by atoms with van der Waals surface area (Å²) in [6.07, 6.45) is 35.3. The molecule has 0 fully saturated rings. The van der Waals surface area contributed by atoms with Crippen LogP contribution in [0.2, 0.25) is 0 Å². The van der Waals surface area contributed by atoms with E-state index in [4.69, 9.17) is 0 Å². The van der Waals surface area contributed by atoms with E-state index < -0.39 is 0 Å². The molecule has 656 valence electrons. The molecule has 0 aromatic carbocycles. The van der Waals surface area contributed by atoms with Crippen molar-refractivity contribution in [1.82, 2.24) is 0 Å². The summed E-state index contributed by atoms with van der Waals surface area (Å²) in [5.74, 6) is 12.6. The number of rotatable bonds is 28. The van der Waals surface area contributed by atoms with Crippen molar-refractivity contribution < 1.29 is 0 Å². The van der Waals surface area contributed by atoms with Gasteiger partial charge in [-0.05, 0) is 112 Å². The highest BCUT2D eigenvalue weighted by molar-refractivity contribution is 4.71. The van der Waals surface area contributed by atoms with Gasteiger partial charge in [-0.25, -0.2) is 0 Å². The molecular weight excluding hydrogens is 1210 g/mol. The summed E-state index contributed by atoms with van der Waals surface area (Å²) < 4.78 is 0. The summed E-state index contributed by atoms with van der Waals surface area (Å²) in [7, 11) is 0. The maximum Gasteiger partial charge on any atom is -0.0359 e. The third-order valence-corrected chi connectivity index (χ3v) is 18.0. The van der Waals surface area contributed by atoms with Crippen LogP contribution in [-0.4, -0.2) is 0 Å². The van der Waals surface area contributed by atoms with Crippen molar-refractivity contribution in [3.05, 3.63) is 0 Å². The largest absolute Gasteiger partial charge is 0.0776 e. The first-order chi connectivity index (χ1) is 40.6. The lowest BCUT2D eigenvalue weighted by molar-refractivity contribution is 0.233. The van der Waals surface area contributed by atoms with Crippen molar-refractivity contribution in [2.45, 2.75) is 575 Å². The lowest BCUT2D eigenvalue weighted by Gasteiger charge is -2.28. The topological polar surface area (TPSA) is 0 Å². The van der Waals surface area contributed by atoms with Gasteiger partial charge in [-0.3, -0.25) is 0 Å². The van der Waals surface area contributed by atoms with E-state index in [9.17, 15) is 0 Å². The van der Waals surface area contributed by atoms with Gasteiger partial charge in [0.2, 0.25) is 0 Å². The molecule has 0 aliphatic rings. The van der Waals surface area contributed by atoms with E-state index >= 15 is 0 Å². The van der Waals surface area contributed by atoms with Gasteiger partial charge in [0, 0.05) is 0 Å². The maximum atomic E-state index is 2.34. The third kappa shape index (κ3) is 267. The van der Waals surface area contributed by atoms with E-state index in [-0.39, 0.29) is 89.1 Å². The Bertz CT molecular complexity index is 981. The molecule has 0 aromatic heterocycles. The quantitative estimate of drug-likeness (QED) is 0.0685. The molecule has 0 heteroatoms. The molecule has 0 aromatic rings. The first-order valence-corrected chi connectivity index (χ1v) is 40.6. The second-order valence-electron chi connectivity index (χ2n) is 34.2. The summed E-state index contributed by atoms with van der Waals surface area (Å²) in [6.45, 7) is 104. The lowest BCUT2D eigenvalue weighted by Crippen LogP contribution is -2.16. The first-order valence-electron chi connectivity index (χ1n) is 40.6. The fraction of sp³-hybridized carbons (Fsp3) is 1.00. The highest BCUT2D eigenvalue weighted by Crippen LogP contribution is 2.32. The van der Waals surface area contributed by atoms with Crippen molar-refractivity contribution in [3.8, 4) is 0 Å². The van der Waals surface area contributed by atoms with Crippen molar-refractivity contribution in [3.63, 3.8) is 0 Å². The van der Waals surface area contributed by atoms with Gasteiger partial charge < -0.3 is 0 Å². The summed E-state index contributed by atoms with van der Waals surface area (Å²) in [5, 5.41) is 0. The Labute approximate surface area is 669 Å². The molecule has 3 atom stereocenters. The van der Waals surface area contributed by atoms with E-state index in [1.165, 1.54) is 167 Å². The smallest absolute Gasteiger partial charge is 0.0359 e. The van der Waals surface area contributed by atoms with Gasteiger partial charge in [0.1, 0.15) is 0 Å². The van der Waals surface area contributed by atoms with Gasteiger partial charge in [0.15, 0.2) is 0 Å². The van der Waals surface area contributed by atoms with Gasteiger partial charge >= 0.3 is 0 Å². The minimum Gasteiger partial charge on any atom is -0.0776 e. The van der Waals surface area contributed by atoms with Crippen LogP contribution in [0.4, 0.5) is 0 Å². The maximum absolute atomic E-state index is 2.34. The molecule has 0 saturated heterocycles. The van der Waals surface area contributed by atoms with Gasteiger partial charge in [-0.15, -0.1) is 0 Å². The summed E-state index contributed by atoms with van der Waals surface area (Å²) in [5.41, 5.74) is 1.55. The van der Waals surface area contributed by atoms with E-state index in [1.807, 2.05) is 0 Å². The van der Waals surface area contributed by atoms with E-state index in [0.29, 0.717) is 16.2 Å². The number of hydrogen-bond donors (Lipinski definition) is 0. The Balaban J connectivity index is -0.0000000268. The average molecular weight is 1470 g/mol. The average Bonchev–Trinajstić information content (AvgIpc) is 0.940. The molecular formula is C101H252. The normalized spacial score (nSPS) is 10.4. The SMILES string of the molecule is C.C.C.C.C.C.C.C.C.C.C.C.CC(C)(C)CC(C)(C)C.CC(C)C(C)C.CCC(C)(C)CC.CCC(C)C.CCC(C)C.CCC(C)C(C)C.CCC(C)CC.CCC(C)CC.CCC(C)CC.CCC(C)CC(C)CC.CCCC(C)C.CCCC(C)C.CCCCCCCCC(C)C. The second kappa shape index (κ2) is 133. The molecule has 0 rings (SSSR count). The number of hydrogen-bond acceptors (Lipinski definition) is 0. The van der Waals surface area contributed by atoms with E-state index in [2.05, 4.69) is 318 Å². The van der Waals surface area contributed by atoms with Crippen LogP contribution >= 0.6 is 0 Å². The highest BCUT2D eigenvalue weighted by Gasteiger charge is 2.20. The fourth-order valence-corrected chi connectivity index (χ4v) is 6.69. The minimum atomic E-state index is 0. The minimum absolute atomic E-state index is 0. The Hall–Kier alpha value is 0. The summed E-state index contributed by atoms with van der Waals surface area (Å²) in [4.78, 5) is 0. The van der Waals surface area contributed by atoms with Gasteiger partial charge in [-0.2, -0.15) is 0 Å². The van der Waals surface area contributed by atoms with Crippen LogP contribution in [-0.2, 0) is 0 Å². The Kier molecular flexibility index (Phi) is 229. The Morgan fingerprint density at radius 2 is 0.416 bits per heavy atom. The molecule has 0 nitrogen and oxygen atoms in total. The van der Waals surface area contributed by atoms with E-state index in [1.54, 1.807) is 0 Å².